The fourth-order valence-corrected chi connectivity index (χ4v) is 8.59. The Morgan fingerprint density at radius 2 is 0.978 bits per heavy atom. The molecule has 45 heavy (non-hydrogen) atoms. The number of anilines is 3. The van der Waals surface area contributed by atoms with Crippen molar-refractivity contribution in [1.29, 1.82) is 0 Å². The first-order valence-electron chi connectivity index (χ1n) is 15.4. The van der Waals surface area contributed by atoms with Crippen molar-refractivity contribution in [2.45, 2.75) is 5.41 Å². The molecule has 0 fully saturated rings. The van der Waals surface area contributed by atoms with Gasteiger partial charge in [-0.15, -0.1) is 11.3 Å². The summed E-state index contributed by atoms with van der Waals surface area (Å²) in [6.45, 7) is 0. The number of hydrogen-bond donors (Lipinski definition) is 0. The fraction of sp³-hybridized carbons (Fsp3) is 0.0233. The first kappa shape index (κ1) is 26.0. The van der Waals surface area contributed by atoms with Gasteiger partial charge in [-0.05, 0) is 81.9 Å². The molecule has 0 aliphatic heterocycles. The molecular formula is C43H29NS. The third-order valence-electron chi connectivity index (χ3n) is 9.33. The number of rotatable bonds is 5. The number of hydrogen-bond acceptors (Lipinski definition) is 2. The summed E-state index contributed by atoms with van der Waals surface area (Å²) >= 11 is 1.89. The second kappa shape index (κ2) is 10.3. The van der Waals surface area contributed by atoms with Crippen LogP contribution in [-0.4, -0.2) is 0 Å². The Hall–Kier alpha value is -5.44. The van der Waals surface area contributed by atoms with Crippen LogP contribution in [0.3, 0.4) is 0 Å². The van der Waals surface area contributed by atoms with Crippen LogP contribution in [0.5, 0.6) is 0 Å². The van der Waals surface area contributed by atoms with Crippen LogP contribution in [0.4, 0.5) is 17.1 Å². The van der Waals surface area contributed by atoms with Gasteiger partial charge in [0.25, 0.3) is 0 Å². The van der Waals surface area contributed by atoms with Gasteiger partial charge in [0.05, 0.1) is 5.41 Å². The molecule has 0 spiro atoms. The maximum Gasteiger partial charge on any atom is 0.0714 e. The monoisotopic (exact) mass is 591 g/mol. The first-order chi connectivity index (χ1) is 22.3. The minimum Gasteiger partial charge on any atom is -0.310 e. The Kier molecular flexibility index (Phi) is 5.97. The fourth-order valence-electron chi connectivity index (χ4n) is 7.44. The van der Waals surface area contributed by atoms with Gasteiger partial charge >= 0.3 is 0 Å². The van der Waals surface area contributed by atoms with Gasteiger partial charge < -0.3 is 4.90 Å². The van der Waals surface area contributed by atoms with E-state index in [9.17, 15) is 0 Å². The highest BCUT2D eigenvalue weighted by molar-refractivity contribution is 7.25. The average molecular weight is 592 g/mol. The molecule has 1 unspecified atom stereocenters. The number of fused-ring (bicyclic) bond motifs is 6. The molecule has 1 heterocycles. The van der Waals surface area contributed by atoms with E-state index in [-0.39, 0.29) is 0 Å². The highest BCUT2D eigenvalue weighted by Gasteiger charge is 2.46. The Morgan fingerprint density at radius 3 is 1.73 bits per heavy atom. The largest absolute Gasteiger partial charge is 0.310 e. The quantitative estimate of drug-likeness (QED) is 0.192. The van der Waals surface area contributed by atoms with E-state index < -0.39 is 5.41 Å². The second-order valence-electron chi connectivity index (χ2n) is 11.7. The zero-order valence-electron chi connectivity index (χ0n) is 24.6. The molecule has 0 N–H and O–H groups in total. The Labute approximate surface area is 267 Å². The van der Waals surface area contributed by atoms with E-state index in [4.69, 9.17) is 0 Å². The number of thiophene rings is 1. The van der Waals surface area contributed by atoms with Crippen molar-refractivity contribution in [1.82, 2.24) is 0 Å². The van der Waals surface area contributed by atoms with E-state index in [2.05, 4.69) is 181 Å². The molecular weight excluding hydrogens is 563 g/mol. The standard InChI is InChI=1S/C43H29NS/c1-4-14-30(15-5-1)43(31-24-26-38-37-21-11-13-23-41(37)45-42(38)28-31)39-22-12-10-20-35(39)36-27-25-34(29-40(36)43)44(32-16-6-2-7-17-32)33-18-8-3-9-19-33/h1-29H. The smallest absolute Gasteiger partial charge is 0.0714 e. The van der Waals surface area contributed by atoms with Crippen LogP contribution in [0.15, 0.2) is 176 Å². The maximum atomic E-state index is 2.46. The Bertz CT molecular complexity index is 2280. The van der Waals surface area contributed by atoms with Crippen molar-refractivity contribution in [3.63, 3.8) is 0 Å². The summed E-state index contributed by atoms with van der Waals surface area (Å²) < 4.78 is 2.65. The van der Waals surface area contributed by atoms with E-state index in [0.717, 1.165) is 17.1 Å². The Morgan fingerprint density at radius 1 is 0.378 bits per heavy atom. The normalized spacial score (nSPS) is 15.2. The summed E-state index contributed by atoms with van der Waals surface area (Å²) in [5.74, 6) is 0. The molecule has 0 bridgehead atoms. The van der Waals surface area contributed by atoms with E-state index in [1.54, 1.807) is 0 Å². The van der Waals surface area contributed by atoms with Crippen molar-refractivity contribution in [2.75, 3.05) is 4.90 Å². The summed E-state index contributed by atoms with van der Waals surface area (Å²) in [5.41, 5.74) is 10.7. The molecule has 0 saturated carbocycles. The van der Waals surface area contributed by atoms with Gasteiger partial charge in [0.15, 0.2) is 0 Å². The van der Waals surface area contributed by atoms with Gasteiger partial charge in [-0.1, -0.05) is 127 Å². The topological polar surface area (TPSA) is 3.24 Å². The van der Waals surface area contributed by atoms with Crippen LogP contribution in [-0.2, 0) is 5.41 Å². The minimum absolute atomic E-state index is 0.480. The zero-order chi connectivity index (χ0) is 29.8. The number of benzene rings is 7. The third kappa shape index (κ3) is 3.93. The van der Waals surface area contributed by atoms with E-state index in [1.165, 1.54) is 53.6 Å². The predicted octanol–water partition coefficient (Wildman–Crippen LogP) is 11.9. The molecule has 1 atom stereocenters. The predicted molar refractivity (Wildman–Crippen MR) is 191 cm³/mol. The summed E-state index contributed by atoms with van der Waals surface area (Å²) in [6.07, 6.45) is 0. The molecule has 212 valence electrons. The van der Waals surface area contributed by atoms with Gasteiger partial charge in [-0.2, -0.15) is 0 Å². The molecule has 0 radical (unpaired) electrons. The van der Waals surface area contributed by atoms with Crippen LogP contribution in [0.25, 0.3) is 31.3 Å². The lowest BCUT2D eigenvalue weighted by atomic mass is 9.67. The molecule has 8 aromatic rings. The van der Waals surface area contributed by atoms with Crippen LogP contribution >= 0.6 is 11.3 Å². The Balaban J connectivity index is 1.36. The molecule has 0 saturated heterocycles. The number of nitrogens with zero attached hydrogens (tertiary/aromatic N) is 1. The summed E-state index contributed by atoms with van der Waals surface area (Å²) in [7, 11) is 0. The zero-order valence-corrected chi connectivity index (χ0v) is 25.4. The van der Waals surface area contributed by atoms with Gasteiger partial charge in [0.1, 0.15) is 0 Å². The van der Waals surface area contributed by atoms with E-state index >= 15 is 0 Å². The van der Waals surface area contributed by atoms with Gasteiger partial charge in [-0.25, -0.2) is 0 Å². The van der Waals surface area contributed by atoms with Crippen LogP contribution in [0, 0.1) is 0 Å². The van der Waals surface area contributed by atoms with Gasteiger partial charge in [-0.3, -0.25) is 0 Å². The van der Waals surface area contributed by atoms with Gasteiger partial charge in [0, 0.05) is 37.2 Å². The lowest BCUT2D eigenvalue weighted by Crippen LogP contribution is -2.28. The summed E-state index contributed by atoms with van der Waals surface area (Å²) in [6, 6.07) is 64.5. The minimum atomic E-state index is -0.480. The lowest BCUT2D eigenvalue weighted by molar-refractivity contribution is 0.770. The highest BCUT2D eigenvalue weighted by Crippen LogP contribution is 2.57. The van der Waals surface area contributed by atoms with E-state index in [0.29, 0.717) is 0 Å². The lowest BCUT2D eigenvalue weighted by Gasteiger charge is -2.35. The molecule has 1 aliphatic carbocycles. The van der Waals surface area contributed by atoms with Gasteiger partial charge in [0.2, 0.25) is 0 Å². The van der Waals surface area contributed by atoms with Crippen molar-refractivity contribution < 1.29 is 0 Å². The number of para-hydroxylation sites is 2. The maximum absolute atomic E-state index is 2.46. The second-order valence-corrected chi connectivity index (χ2v) is 12.8. The van der Waals surface area contributed by atoms with Crippen molar-refractivity contribution in [3.05, 3.63) is 198 Å². The van der Waals surface area contributed by atoms with Crippen LogP contribution in [0.2, 0.25) is 0 Å². The molecule has 1 nitrogen and oxygen atoms in total. The van der Waals surface area contributed by atoms with Crippen molar-refractivity contribution >= 4 is 48.6 Å². The van der Waals surface area contributed by atoms with Crippen LogP contribution < -0.4 is 4.90 Å². The SMILES string of the molecule is c1ccc(N(c2ccccc2)c2ccc3c(c2)C(c2ccccc2)(c2ccc4c(c2)sc2ccccc24)c2ccccc2-3)cc1. The van der Waals surface area contributed by atoms with Crippen LogP contribution in [0.1, 0.15) is 22.3 Å². The average Bonchev–Trinajstić information content (AvgIpc) is 3.63. The van der Waals surface area contributed by atoms with Crippen molar-refractivity contribution in [2.24, 2.45) is 0 Å². The molecule has 2 heteroatoms. The highest BCUT2D eigenvalue weighted by atomic mass is 32.1. The third-order valence-corrected chi connectivity index (χ3v) is 10.5. The molecule has 1 aromatic heterocycles. The van der Waals surface area contributed by atoms with Crippen molar-refractivity contribution in [3.8, 4) is 11.1 Å². The first-order valence-corrected chi connectivity index (χ1v) is 16.3. The summed E-state index contributed by atoms with van der Waals surface area (Å²) in [4.78, 5) is 2.37. The summed E-state index contributed by atoms with van der Waals surface area (Å²) in [5, 5.41) is 2.65. The molecule has 0 amide bonds. The molecule has 7 aromatic carbocycles. The van der Waals surface area contributed by atoms with E-state index in [1.807, 2.05) is 11.3 Å². The molecule has 1 aliphatic rings. The molecule has 9 rings (SSSR count).